The average Bonchev–Trinajstić information content (AvgIpc) is 2.38. The average molecular weight is 267 g/mol. The van der Waals surface area contributed by atoms with Gasteiger partial charge in [0.15, 0.2) is 0 Å². The quantitative estimate of drug-likeness (QED) is 0.582. The van der Waals surface area contributed by atoms with Gasteiger partial charge in [-0.15, -0.1) is 0 Å². The Hall–Kier alpha value is -1.66. The largest absolute Gasteiger partial charge is 0.395 e. The molecule has 1 unspecified atom stereocenters. The second-order valence-corrected chi connectivity index (χ2v) is 4.59. The van der Waals surface area contributed by atoms with Crippen LogP contribution >= 0.6 is 0 Å². The summed E-state index contributed by atoms with van der Waals surface area (Å²) in [7, 11) is 1.91. The molecule has 2 N–H and O–H groups in total. The molecule has 1 atom stereocenters. The Morgan fingerprint density at radius 3 is 2.74 bits per heavy atom. The summed E-state index contributed by atoms with van der Waals surface area (Å²) in [6, 6.07) is 5.12. The molecule has 1 rings (SSSR count). The molecule has 0 aliphatic carbocycles. The van der Waals surface area contributed by atoms with Crippen LogP contribution < -0.4 is 5.32 Å². The Balaban J connectivity index is 2.92. The first-order valence-corrected chi connectivity index (χ1v) is 6.31. The van der Waals surface area contributed by atoms with Crippen LogP contribution in [0.3, 0.4) is 0 Å². The number of benzene rings is 1. The molecule has 19 heavy (non-hydrogen) atoms. The highest BCUT2D eigenvalue weighted by Gasteiger charge is 2.15. The number of aliphatic hydroxyl groups is 1. The van der Waals surface area contributed by atoms with Gasteiger partial charge in [-0.05, 0) is 32.5 Å². The summed E-state index contributed by atoms with van der Waals surface area (Å²) in [4.78, 5) is 12.5. The zero-order chi connectivity index (χ0) is 14.4. The Kier molecular flexibility index (Phi) is 5.72. The van der Waals surface area contributed by atoms with Gasteiger partial charge in [-0.1, -0.05) is 6.07 Å². The molecule has 0 heterocycles. The smallest absolute Gasteiger partial charge is 0.292 e. The van der Waals surface area contributed by atoms with E-state index in [1.165, 1.54) is 6.07 Å². The van der Waals surface area contributed by atoms with Crippen molar-refractivity contribution in [3.63, 3.8) is 0 Å². The predicted molar refractivity (Wildman–Crippen MR) is 75.3 cm³/mol. The van der Waals surface area contributed by atoms with Crippen LogP contribution in [0.15, 0.2) is 18.2 Å². The van der Waals surface area contributed by atoms with Crippen LogP contribution in [-0.2, 0) is 6.54 Å². The Morgan fingerprint density at radius 1 is 1.53 bits per heavy atom. The van der Waals surface area contributed by atoms with Crippen LogP contribution in [0.5, 0.6) is 0 Å². The molecule has 0 bridgehead atoms. The van der Waals surface area contributed by atoms with Crippen molar-refractivity contribution in [3.8, 4) is 0 Å². The molecule has 0 spiro atoms. The minimum Gasteiger partial charge on any atom is -0.395 e. The molecule has 0 radical (unpaired) electrons. The van der Waals surface area contributed by atoms with E-state index >= 15 is 0 Å². The number of nitrogens with one attached hydrogen (secondary N) is 1. The van der Waals surface area contributed by atoms with Crippen molar-refractivity contribution in [1.82, 2.24) is 4.90 Å². The second kappa shape index (κ2) is 7.06. The van der Waals surface area contributed by atoms with Gasteiger partial charge in [-0.3, -0.25) is 15.0 Å². The van der Waals surface area contributed by atoms with Crippen molar-refractivity contribution in [2.45, 2.75) is 26.4 Å². The standard InChI is InChI=1S/C13H21N3O3/c1-4-14-12-7-11(5-6-13(12)16(18)19)8-15(3)10(2)9-17/h5-7,10,14,17H,4,8-9H2,1-3H3. The first-order valence-electron chi connectivity index (χ1n) is 6.31. The number of hydrogen-bond acceptors (Lipinski definition) is 5. The topological polar surface area (TPSA) is 78.6 Å². The van der Waals surface area contributed by atoms with E-state index in [0.717, 1.165) is 5.56 Å². The van der Waals surface area contributed by atoms with E-state index in [9.17, 15) is 10.1 Å². The zero-order valence-corrected chi connectivity index (χ0v) is 11.6. The lowest BCUT2D eigenvalue weighted by atomic mass is 10.1. The summed E-state index contributed by atoms with van der Waals surface area (Å²) in [5.41, 5.74) is 1.60. The molecule has 0 aliphatic heterocycles. The molecule has 106 valence electrons. The summed E-state index contributed by atoms with van der Waals surface area (Å²) in [6.07, 6.45) is 0. The molecular formula is C13H21N3O3. The van der Waals surface area contributed by atoms with Gasteiger partial charge >= 0.3 is 0 Å². The van der Waals surface area contributed by atoms with Crippen LogP contribution in [-0.4, -0.2) is 41.2 Å². The summed E-state index contributed by atoms with van der Waals surface area (Å²) < 4.78 is 0. The highest BCUT2D eigenvalue weighted by atomic mass is 16.6. The summed E-state index contributed by atoms with van der Waals surface area (Å²) in [6.45, 7) is 5.18. The lowest BCUT2D eigenvalue weighted by molar-refractivity contribution is -0.384. The summed E-state index contributed by atoms with van der Waals surface area (Å²) >= 11 is 0. The number of anilines is 1. The normalized spacial score (nSPS) is 12.5. The van der Waals surface area contributed by atoms with E-state index in [-0.39, 0.29) is 23.3 Å². The number of aliphatic hydroxyl groups excluding tert-OH is 1. The monoisotopic (exact) mass is 267 g/mol. The van der Waals surface area contributed by atoms with Gasteiger partial charge in [-0.25, -0.2) is 0 Å². The number of nitro groups is 1. The van der Waals surface area contributed by atoms with Gasteiger partial charge in [0, 0.05) is 25.2 Å². The zero-order valence-electron chi connectivity index (χ0n) is 11.6. The van der Waals surface area contributed by atoms with Crippen LogP contribution in [0, 0.1) is 10.1 Å². The fourth-order valence-electron chi connectivity index (χ4n) is 1.76. The second-order valence-electron chi connectivity index (χ2n) is 4.59. The van der Waals surface area contributed by atoms with Crippen molar-refractivity contribution in [2.75, 3.05) is 25.5 Å². The predicted octanol–water partition coefficient (Wildman–Crippen LogP) is 1.84. The SMILES string of the molecule is CCNc1cc(CN(C)C(C)CO)ccc1[N+](=O)[O-]. The fraction of sp³-hybridized carbons (Fsp3) is 0.538. The molecular weight excluding hydrogens is 246 g/mol. The van der Waals surface area contributed by atoms with Crippen molar-refractivity contribution < 1.29 is 10.0 Å². The van der Waals surface area contributed by atoms with E-state index < -0.39 is 0 Å². The van der Waals surface area contributed by atoms with Gasteiger partial charge in [-0.2, -0.15) is 0 Å². The van der Waals surface area contributed by atoms with Gasteiger partial charge in [0.1, 0.15) is 5.69 Å². The van der Waals surface area contributed by atoms with E-state index in [2.05, 4.69) is 5.32 Å². The van der Waals surface area contributed by atoms with Crippen molar-refractivity contribution in [2.24, 2.45) is 0 Å². The number of likely N-dealkylation sites (N-methyl/N-ethyl adjacent to an activating group) is 1. The maximum absolute atomic E-state index is 10.9. The van der Waals surface area contributed by atoms with E-state index in [1.807, 2.05) is 25.8 Å². The third kappa shape index (κ3) is 4.18. The van der Waals surface area contributed by atoms with Crippen LogP contribution in [0.2, 0.25) is 0 Å². The number of hydrogen-bond donors (Lipinski definition) is 2. The molecule has 0 aliphatic rings. The number of nitrogens with zero attached hydrogens (tertiary/aromatic N) is 2. The van der Waals surface area contributed by atoms with Gasteiger partial charge in [0.05, 0.1) is 11.5 Å². The van der Waals surface area contributed by atoms with Crippen molar-refractivity contribution >= 4 is 11.4 Å². The Bertz CT molecular complexity index is 437. The molecule has 1 aromatic rings. The lowest BCUT2D eigenvalue weighted by Gasteiger charge is -2.23. The van der Waals surface area contributed by atoms with Crippen LogP contribution in [0.25, 0.3) is 0 Å². The fourth-order valence-corrected chi connectivity index (χ4v) is 1.76. The molecule has 1 aromatic carbocycles. The molecule has 0 saturated heterocycles. The third-order valence-electron chi connectivity index (χ3n) is 3.07. The van der Waals surface area contributed by atoms with Gasteiger partial charge < -0.3 is 10.4 Å². The molecule has 0 amide bonds. The minimum absolute atomic E-state index is 0.0535. The minimum atomic E-state index is -0.387. The Morgan fingerprint density at radius 2 is 2.21 bits per heavy atom. The van der Waals surface area contributed by atoms with Gasteiger partial charge in [0.2, 0.25) is 0 Å². The molecule has 0 aromatic heterocycles. The summed E-state index contributed by atoms with van der Waals surface area (Å²) in [5, 5.41) is 23.0. The maximum Gasteiger partial charge on any atom is 0.292 e. The van der Waals surface area contributed by atoms with Crippen molar-refractivity contribution in [3.05, 3.63) is 33.9 Å². The Labute approximate surface area is 113 Å². The third-order valence-corrected chi connectivity index (χ3v) is 3.07. The number of rotatable bonds is 7. The van der Waals surface area contributed by atoms with Crippen molar-refractivity contribution in [1.29, 1.82) is 0 Å². The van der Waals surface area contributed by atoms with Crippen LogP contribution in [0.1, 0.15) is 19.4 Å². The van der Waals surface area contributed by atoms with E-state index in [0.29, 0.717) is 18.8 Å². The maximum atomic E-state index is 10.9. The highest BCUT2D eigenvalue weighted by Crippen LogP contribution is 2.26. The first kappa shape index (κ1) is 15.4. The molecule has 6 nitrogen and oxygen atoms in total. The molecule has 0 fully saturated rings. The van der Waals surface area contributed by atoms with Gasteiger partial charge in [0.25, 0.3) is 5.69 Å². The lowest BCUT2D eigenvalue weighted by Crippen LogP contribution is -2.31. The number of nitro benzene ring substituents is 1. The van der Waals surface area contributed by atoms with E-state index in [4.69, 9.17) is 5.11 Å². The first-order chi connectivity index (χ1) is 8.99. The molecule has 0 saturated carbocycles. The van der Waals surface area contributed by atoms with Crippen LogP contribution in [0.4, 0.5) is 11.4 Å². The molecule has 6 heteroatoms. The highest BCUT2D eigenvalue weighted by molar-refractivity contribution is 5.62. The summed E-state index contributed by atoms with van der Waals surface area (Å²) in [5.74, 6) is 0. The van der Waals surface area contributed by atoms with E-state index in [1.54, 1.807) is 12.1 Å².